The molecule has 7 rings (SSSR count). The van der Waals surface area contributed by atoms with Crippen LogP contribution in [-0.2, 0) is 14.9 Å². The Hall–Kier alpha value is -2.27. The molecule has 2 fully saturated rings. The number of para-hydroxylation sites is 1. The predicted octanol–water partition coefficient (Wildman–Crippen LogP) is 2.63. The fourth-order valence-corrected chi connectivity index (χ4v) is 7.16. The predicted molar refractivity (Wildman–Crippen MR) is 102 cm³/mol. The number of methoxy groups -OCH3 is 2. The summed E-state index contributed by atoms with van der Waals surface area (Å²) in [5, 5.41) is 3.83. The van der Waals surface area contributed by atoms with Gasteiger partial charge in [0.2, 0.25) is 0 Å². The zero-order chi connectivity index (χ0) is 18.4. The normalized spacial score (nSPS) is 39.9. The van der Waals surface area contributed by atoms with Crippen molar-refractivity contribution in [1.82, 2.24) is 4.90 Å². The van der Waals surface area contributed by atoms with Crippen LogP contribution in [0, 0.1) is 5.41 Å². The number of carbonyl (C=O) groups excluding carboxylic acids is 1. The van der Waals surface area contributed by atoms with E-state index in [9.17, 15) is 4.79 Å². The highest BCUT2D eigenvalue weighted by molar-refractivity contribution is 5.96. The minimum Gasteiger partial charge on any atom is -0.495 e. The molecule has 5 nitrogen and oxygen atoms in total. The maximum absolute atomic E-state index is 12.9. The van der Waals surface area contributed by atoms with Crippen molar-refractivity contribution < 1.29 is 14.3 Å². The molecule has 1 N–H and O–H groups in total. The number of anilines is 1. The van der Waals surface area contributed by atoms with E-state index >= 15 is 0 Å². The van der Waals surface area contributed by atoms with Gasteiger partial charge in [0.15, 0.2) is 0 Å². The molecule has 0 amide bonds. The van der Waals surface area contributed by atoms with Crippen LogP contribution in [0.4, 0.5) is 5.69 Å². The number of rotatable bonds is 2. The molecule has 6 aliphatic rings. The summed E-state index contributed by atoms with van der Waals surface area (Å²) in [6.07, 6.45) is 9.91. The van der Waals surface area contributed by atoms with Crippen molar-refractivity contribution in [2.75, 3.05) is 32.6 Å². The molecule has 3 heterocycles. The molecule has 0 radical (unpaired) electrons. The molecule has 1 aromatic rings. The number of esters is 1. The molecule has 1 saturated carbocycles. The molecule has 3 aliphatic carbocycles. The molecule has 0 unspecified atom stereocenters. The van der Waals surface area contributed by atoms with E-state index < -0.39 is 5.54 Å². The maximum atomic E-state index is 12.9. The summed E-state index contributed by atoms with van der Waals surface area (Å²) in [6.45, 7) is 2.05. The van der Waals surface area contributed by atoms with Crippen molar-refractivity contribution in [3.63, 3.8) is 0 Å². The summed E-state index contributed by atoms with van der Waals surface area (Å²) >= 11 is 0. The van der Waals surface area contributed by atoms with Crippen LogP contribution in [0.3, 0.4) is 0 Å². The van der Waals surface area contributed by atoms with E-state index in [1.807, 2.05) is 6.07 Å². The quantitative estimate of drug-likeness (QED) is 0.646. The van der Waals surface area contributed by atoms with Crippen LogP contribution >= 0.6 is 0 Å². The van der Waals surface area contributed by atoms with Crippen LogP contribution in [-0.4, -0.2) is 49.8 Å². The van der Waals surface area contributed by atoms with Gasteiger partial charge in [0.25, 0.3) is 0 Å². The lowest BCUT2D eigenvalue weighted by Gasteiger charge is -2.63. The van der Waals surface area contributed by atoms with E-state index in [0.717, 1.165) is 49.4 Å². The number of hydrogen-bond acceptors (Lipinski definition) is 5. The van der Waals surface area contributed by atoms with Crippen LogP contribution in [0.25, 0.3) is 0 Å². The number of carbonyl (C=O) groups is 1. The van der Waals surface area contributed by atoms with E-state index in [4.69, 9.17) is 9.47 Å². The molecule has 140 valence electrons. The molecule has 4 atom stereocenters. The summed E-state index contributed by atoms with van der Waals surface area (Å²) in [5.41, 5.74) is 2.54. The second kappa shape index (κ2) is 4.76. The third-order valence-electron chi connectivity index (χ3n) is 7.94. The van der Waals surface area contributed by atoms with Crippen LogP contribution in [0.15, 0.2) is 42.0 Å². The number of fused-ring (bicyclic) bond motifs is 2. The van der Waals surface area contributed by atoms with Gasteiger partial charge in [-0.25, -0.2) is 4.79 Å². The molecule has 27 heavy (non-hydrogen) atoms. The Labute approximate surface area is 159 Å². The standard InChI is InChI=1S/C22H24N2O3/c1-26-16-6-3-5-14-17(16)23-22-9-8-20(13-15(22)18(25)27-2)7-4-11-24-12-10-21(14,22)19(20)24/h3-7,13,19,23H,8-12H2,1-2H3/t19-,20+,21+,22+/m0/s1. The average molecular weight is 364 g/mol. The average Bonchev–Trinajstić information content (AvgIpc) is 3.25. The van der Waals surface area contributed by atoms with Gasteiger partial charge in [-0.1, -0.05) is 30.4 Å². The first-order valence-corrected chi connectivity index (χ1v) is 9.81. The Bertz CT molecular complexity index is 937. The highest BCUT2D eigenvalue weighted by atomic mass is 16.5. The van der Waals surface area contributed by atoms with Gasteiger partial charge in [0.1, 0.15) is 5.75 Å². The third kappa shape index (κ3) is 1.49. The number of nitrogens with one attached hydrogen (secondary N) is 1. The van der Waals surface area contributed by atoms with Gasteiger partial charge in [-0.3, -0.25) is 4.90 Å². The smallest absolute Gasteiger partial charge is 0.335 e. The molecule has 2 bridgehead atoms. The number of ether oxygens (including phenoxy) is 2. The monoisotopic (exact) mass is 364 g/mol. The van der Waals surface area contributed by atoms with Crippen molar-refractivity contribution in [3.05, 3.63) is 47.6 Å². The van der Waals surface area contributed by atoms with E-state index in [1.165, 1.54) is 12.7 Å². The lowest BCUT2D eigenvalue weighted by atomic mass is 9.43. The number of hydrogen-bond donors (Lipinski definition) is 1. The summed E-state index contributed by atoms with van der Waals surface area (Å²) in [7, 11) is 3.21. The Balaban J connectivity index is 1.71. The van der Waals surface area contributed by atoms with Crippen LogP contribution in [0.5, 0.6) is 5.75 Å². The van der Waals surface area contributed by atoms with Gasteiger partial charge in [-0.15, -0.1) is 0 Å². The van der Waals surface area contributed by atoms with Gasteiger partial charge in [0, 0.05) is 23.4 Å². The Morgan fingerprint density at radius 2 is 2.15 bits per heavy atom. The molecular weight excluding hydrogens is 340 g/mol. The van der Waals surface area contributed by atoms with Crippen LogP contribution < -0.4 is 10.1 Å². The summed E-state index contributed by atoms with van der Waals surface area (Å²) < 4.78 is 11.0. The maximum Gasteiger partial charge on any atom is 0.335 e. The van der Waals surface area contributed by atoms with E-state index in [0.29, 0.717) is 6.04 Å². The topological polar surface area (TPSA) is 50.8 Å². The zero-order valence-electron chi connectivity index (χ0n) is 15.7. The van der Waals surface area contributed by atoms with Crippen molar-refractivity contribution in [2.24, 2.45) is 5.41 Å². The van der Waals surface area contributed by atoms with Crippen molar-refractivity contribution in [3.8, 4) is 5.75 Å². The van der Waals surface area contributed by atoms with Crippen LogP contribution in [0.1, 0.15) is 24.8 Å². The molecule has 1 aromatic carbocycles. The molecule has 3 spiro atoms. The largest absolute Gasteiger partial charge is 0.495 e. The highest BCUT2D eigenvalue weighted by Gasteiger charge is 2.76. The fourth-order valence-electron chi connectivity index (χ4n) is 7.16. The first-order valence-electron chi connectivity index (χ1n) is 9.81. The highest BCUT2D eigenvalue weighted by Crippen LogP contribution is 2.72. The summed E-state index contributed by atoms with van der Waals surface area (Å²) in [4.78, 5) is 15.6. The van der Waals surface area contributed by atoms with Crippen molar-refractivity contribution in [2.45, 2.75) is 36.3 Å². The Morgan fingerprint density at radius 3 is 2.96 bits per heavy atom. The molecule has 1 saturated heterocycles. The van der Waals surface area contributed by atoms with E-state index in [1.54, 1.807) is 7.11 Å². The van der Waals surface area contributed by atoms with Gasteiger partial charge >= 0.3 is 5.97 Å². The summed E-state index contributed by atoms with van der Waals surface area (Å²) in [6, 6.07) is 6.71. The van der Waals surface area contributed by atoms with Gasteiger partial charge in [0.05, 0.1) is 31.0 Å². The second-order valence-corrected chi connectivity index (χ2v) is 8.60. The summed E-state index contributed by atoms with van der Waals surface area (Å²) in [5.74, 6) is 0.653. The molecule has 0 aromatic heterocycles. The Kier molecular flexibility index (Phi) is 2.78. The van der Waals surface area contributed by atoms with Crippen molar-refractivity contribution in [1.29, 1.82) is 0 Å². The van der Waals surface area contributed by atoms with Gasteiger partial charge < -0.3 is 14.8 Å². The molecule has 5 heteroatoms. The van der Waals surface area contributed by atoms with Crippen molar-refractivity contribution >= 4 is 11.7 Å². The minimum atomic E-state index is -0.413. The lowest BCUT2D eigenvalue weighted by Crippen LogP contribution is -2.72. The first kappa shape index (κ1) is 15.8. The first-order chi connectivity index (χ1) is 13.1. The third-order valence-corrected chi connectivity index (χ3v) is 7.94. The molecule has 3 aliphatic heterocycles. The molecular formula is C22H24N2O3. The van der Waals surface area contributed by atoms with E-state index in [2.05, 4.69) is 40.6 Å². The SMILES string of the molecule is COC(=O)C1=C[C@@]23C=CCN4CC[C@@]5(c6cccc(OC)c6N[C@]15CC2)[C@@H]43. The van der Waals surface area contributed by atoms with Gasteiger partial charge in [-0.2, -0.15) is 0 Å². The fraction of sp³-hybridized carbons (Fsp3) is 0.500. The Morgan fingerprint density at radius 1 is 1.26 bits per heavy atom. The van der Waals surface area contributed by atoms with E-state index in [-0.39, 0.29) is 16.8 Å². The van der Waals surface area contributed by atoms with Crippen LogP contribution in [0.2, 0.25) is 0 Å². The lowest BCUT2D eigenvalue weighted by molar-refractivity contribution is -0.138. The second-order valence-electron chi connectivity index (χ2n) is 8.60. The zero-order valence-corrected chi connectivity index (χ0v) is 15.7. The number of nitrogens with zero attached hydrogens (tertiary/aromatic N) is 1. The van der Waals surface area contributed by atoms with Gasteiger partial charge in [-0.05, 0) is 37.4 Å². The number of benzene rings is 1. The minimum absolute atomic E-state index is 0.0909.